The van der Waals surface area contributed by atoms with Crippen LogP contribution in [0, 0.1) is 5.92 Å². The Hall–Kier alpha value is -1.08. The van der Waals surface area contributed by atoms with Crippen molar-refractivity contribution in [2.24, 2.45) is 5.92 Å². The molecule has 0 radical (unpaired) electrons. The van der Waals surface area contributed by atoms with Crippen molar-refractivity contribution in [3.8, 4) is 0 Å². The first-order valence-corrected chi connectivity index (χ1v) is 6.33. The van der Waals surface area contributed by atoms with E-state index in [1.54, 1.807) is 16.2 Å². The second kappa shape index (κ2) is 4.89. The van der Waals surface area contributed by atoms with Crippen molar-refractivity contribution >= 4 is 17.3 Å². The molecule has 7 heteroatoms. The molecule has 2 rings (SSSR count). The van der Waals surface area contributed by atoms with E-state index in [9.17, 15) is 18.0 Å². The largest absolute Gasteiger partial charge is 0.481 e. The number of aliphatic carboxylic acids is 1. The average Bonchev–Trinajstić information content (AvgIpc) is 2.70. The molecule has 0 bridgehead atoms. The van der Waals surface area contributed by atoms with Gasteiger partial charge in [-0.1, -0.05) is 0 Å². The number of carbonyl (C=O) groups is 1. The highest BCUT2D eigenvalue weighted by Crippen LogP contribution is 2.30. The SMILES string of the molecule is O=C(O)C(CN1CCc2sccc2C1)C(F)(F)F. The number of thiophene rings is 1. The van der Waals surface area contributed by atoms with Gasteiger partial charge in [-0.25, -0.2) is 0 Å². The average molecular weight is 279 g/mol. The van der Waals surface area contributed by atoms with Gasteiger partial charge in [-0.15, -0.1) is 11.3 Å². The van der Waals surface area contributed by atoms with Crippen molar-refractivity contribution in [3.05, 3.63) is 21.9 Å². The minimum absolute atomic E-state index is 0.401. The van der Waals surface area contributed by atoms with Gasteiger partial charge in [0.1, 0.15) is 0 Å². The third-order valence-corrected chi connectivity index (χ3v) is 4.04. The number of hydrogen-bond donors (Lipinski definition) is 1. The standard InChI is InChI=1S/C11H12F3NO2S/c12-11(13,14)8(10(16)17)6-15-3-1-9-7(5-15)2-4-18-9/h2,4,8H,1,3,5-6H2,(H,16,17). The van der Waals surface area contributed by atoms with Crippen LogP contribution in [-0.2, 0) is 17.8 Å². The van der Waals surface area contributed by atoms with Crippen molar-refractivity contribution in [2.75, 3.05) is 13.1 Å². The van der Waals surface area contributed by atoms with Gasteiger partial charge < -0.3 is 5.11 Å². The van der Waals surface area contributed by atoms with E-state index in [1.165, 1.54) is 4.88 Å². The lowest BCUT2D eigenvalue weighted by molar-refractivity contribution is -0.196. The Morgan fingerprint density at radius 1 is 1.56 bits per heavy atom. The molecule has 0 aromatic carbocycles. The highest BCUT2D eigenvalue weighted by Gasteiger charge is 2.46. The predicted molar refractivity (Wildman–Crippen MR) is 60.5 cm³/mol. The van der Waals surface area contributed by atoms with Crippen LogP contribution in [-0.4, -0.2) is 35.2 Å². The van der Waals surface area contributed by atoms with Crippen LogP contribution in [0.15, 0.2) is 11.4 Å². The molecule has 0 aliphatic carbocycles. The molecule has 1 N–H and O–H groups in total. The minimum atomic E-state index is -4.69. The molecular weight excluding hydrogens is 267 g/mol. The van der Waals surface area contributed by atoms with E-state index in [-0.39, 0.29) is 0 Å². The predicted octanol–water partition coefficient (Wildman–Crippen LogP) is 2.37. The van der Waals surface area contributed by atoms with Gasteiger partial charge in [0.05, 0.1) is 0 Å². The lowest BCUT2D eigenvalue weighted by atomic mass is 10.1. The molecule has 100 valence electrons. The van der Waals surface area contributed by atoms with Gasteiger partial charge in [0, 0.05) is 24.5 Å². The maximum absolute atomic E-state index is 12.6. The van der Waals surface area contributed by atoms with Crippen LogP contribution < -0.4 is 0 Å². The van der Waals surface area contributed by atoms with Crippen molar-refractivity contribution in [2.45, 2.75) is 19.1 Å². The maximum atomic E-state index is 12.6. The van der Waals surface area contributed by atoms with Gasteiger partial charge in [0.25, 0.3) is 0 Å². The summed E-state index contributed by atoms with van der Waals surface area (Å²) in [5.41, 5.74) is 1.01. The van der Waals surface area contributed by atoms with Gasteiger partial charge in [-0.3, -0.25) is 9.69 Å². The van der Waals surface area contributed by atoms with Crippen LogP contribution in [0.4, 0.5) is 13.2 Å². The molecule has 1 aromatic rings. The molecule has 18 heavy (non-hydrogen) atoms. The molecular formula is C11H12F3NO2S. The fourth-order valence-electron chi connectivity index (χ4n) is 2.04. The molecule has 1 aliphatic heterocycles. The molecule has 0 saturated heterocycles. The zero-order valence-electron chi connectivity index (χ0n) is 9.41. The molecule has 1 aliphatic rings. The van der Waals surface area contributed by atoms with Gasteiger partial charge >= 0.3 is 12.1 Å². The monoisotopic (exact) mass is 279 g/mol. The summed E-state index contributed by atoms with van der Waals surface area (Å²) in [6.45, 7) is 0.403. The van der Waals surface area contributed by atoms with Gasteiger partial charge in [-0.05, 0) is 23.4 Å². The number of rotatable bonds is 3. The van der Waals surface area contributed by atoms with Crippen LogP contribution in [0.1, 0.15) is 10.4 Å². The molecule has 0 spiro atoms. The van der Waals surface area contributed by atoms with E-state index in [0.717, 1.165) is 5.56 Å². The molecule has 0 amide bonds. The number of nitrogens with zero attached hydrogens (tertiary/aromatic N) is 1. The van der Waals surface area contributed by atoms with Crippen molar-refractivity contribution in [1.29, 1.82) is 0 Å². The zero-order valence-corrected chi connectivity index (χ0v) is 10.2. The van der Waals surface area contributed by atoms with Gasteiger partial charge in [0.2, 0.25) is 0 Å². The number of halogens is 3. The van der Waals surface area contributed by atoms with E-state index < -0.39 is 24.6 Å². The fraction of sp³-hybridized carbons (Fsp3) is 0.545. The summed E-state index contributed by atoms with van der Waals surface area (Å²) in [6, 6.07) is 1.88. The molecule has 2 heterocycles. The lowest BCUT2D eigenvalue weighted by Crippen LogP contribution is -2.42. The first-order chi connectivity index (χ1) is 8.38. The summed E-state index contributed by atoms with van der Waals surface area (Å²) in [4.78, 5) is 13.4. The number of carboxylic acids is 1. The van der Waals surface area contributed by atoms with E-state index in [1.807, 2.05) is 11.4 Å². The maximum Gasteiger partial charge on any atom is 0.403 e. The summed E-state index contributed by atoms with van der Waals surface area (Å²) in [5.74, 6) is -4.11. The van der Waals surface area contributed by atoms with Gasteiger partial charge in [0.15, 0.2) is 5.92 Å². The van der Waals surface area contributed by atoms with Crippen LogP contribution in [0.3, 0.4) is 0 Å². The highest BCUT2D eigenvalue weighted by molar-refractivity contribution is 7.10. The Morgan fingerprint density at radius 2 is 2.28 bits per heavy atom. The normalized spacial score (nSPS) is 18.4. The van der Waals surface area contributed by atoms with E-state index in [2.05, 4.69) is 0 Å². The molecule has 1 atom stereocenters. The van der Waals surface area contributed by atoms with Crippen LogP contribution >= 0.6 is 11.3 Å². The van der Waals surface area contributed by atoms with E-state index in [0.29, 0.717) is 19.5 Å². The first kappa shape index (κ1) is 13.4. The number of alkyl halides is 3. The van der Waals surface area contributed by atoms with Crippen molar-refractivity contribution in [3.63, 3.8) is 0 Å². The second-order valence-corrected chi connectivity index (χ2v) is 5.29. The highest BCUT2D eigenvalue weighted by atomic mass is 32.1. The summed E-state index contributed by atoms with van der Waals surface area (Å²) >= 11 is 1.59. The Morgan fingerprint density at radius 3 is 2.89 bits per heavy atom. The third kappa shape index (κ3) is 2.84. The Balaban J connectivity index is 2.04. The molecule has 1 aromatic heterocycles. The Bertz CT molecular complexity index is 444. The van der Waals surface area contributed by atoms with Crippen molar-refractivity contribution < 1.29 is 23.1 Å². The molecule has 3 nitrogen and oxygen atoms in total. The number of fused-ring (bicyclic) bond motifs is 1. The topological polar surface area (TPSA) is 40.5 Å². The molecule has 1 unspecified atom stereocenters. The van der Waals surface area contributed by atoms with Crippen LogP contribution in [0.25, 0.3) is 0 Å². The van der Waals surface area contributed by atoms with Crippen LogP contribution in [0.2, 0.25) is 0 Å². The number of hydrogen-bond acceptors (Lipinski definition) is 3. The lowest BCUT2D eigenvalue weighted by Gasteiger charge is -2.29. The summed E-state index contributed by atoms with van der Waals surface area (Å²) in [6.07, 6.45) is -4.00. The van der Waals surface area contributed by atoms with Gasteiger partial charge in [-0.2, -0.15) is 13.2 Å². The summed E-state index contributed by atoms with van der Waals surface area (Å²) in [7, 11) is 0. The Labute approximate surface area is 106 Å². The minimum Gasteiger partial charge on any atom is -0.481 e. The van der Waals surface area contributed by atoms with Crippen LogP contribution in [0.5, 0.6) is 0 Å². The van der Waals surface area contributed by atoms with Crippen molar-refractivity contribution in [1.82, 2.24) is 4.90 Å². The summed E-state index contributed by atoms with van der Waals surface area (Å²) < 4.78 is 37.7. The second-order valence-electron chi connectivity index (χ2n) is 4.29. The Kier molecular flexibility index (Phi) is 3.63. The molecule has 0 fully saturated rings. The first-order valence-electron chi connectivity index (χ1n) is 5.45. The molecule has 0 saturated carbocycles. The smallest absolute Gasteiger partial charge is 0.403 e. The summed E-state index contributed by atoms with van der Waals surface area (Å²) in [5, 5.41) is 10.6. The van der Waals surface area contributed by atoms with E-state index in [4.69, 9.17) is 5.11 Å². The fourth-order valence-corrected chi connectivity index (χ4v) is 2.93. The third-order valence-electron chi connectivity index (χ3n) is 3.02. The number of carboxylic acid groups (broad SMARTS) is 1. The van der Waals surface area contributed by atoms with E-state index >= 15 is 0 Å². The zero-order chi connectivity index (χ0) is 13.3. The quantitative estimate of drug-likeness (QED) is 0.923.